The number of benzene rings is 2. The van der Waals surface area contributed by atoms with Gasteiger partial charge in [-0.1, -0.05) is 44.5 Å². The van der Waals surface area contributed by atoms with Crippen LogP contribution >= 0.6 is 18.9 Å². The van der Waals surface area contributed by atoms with E-state index >= 15 is 0 Å². The van der Waals surface area contributed by atoms with Crippen molar-refractivity contribution in [2.75, 3.05) is 0 Å². The molecule has 5 nitrogen and oxygen atoms in total. The molecular formula is C22H23ClNO4P. The molecule has 3 rings (SSSR count). The summed E-state index contributed by atoms with van der Waals surface area (Å²) < 4.78 is 17.6. The summed E-state index contributed by atoms with van der Waals surface area (Å²) in [6, 6.07) is 17.4. The van der Waals surface area contributed by atoms with Crippen LogP contribution in [-0.2, 0) is 0 Å². The van der Waals surface area contributed by atoms with Gasteiger partial charge in [0.2, 0.25) is 7.28 Å². The normalized spacial score (nSPS) is 13.6. The van der Waals surface area contributed by atoms with Gasteiger partial charge in [0.15, 0.2) is 5.50 Å². The summed E-state index contributed by atoms with van der Waals surface area (Å²) in [6.07, 6.45) is 0. The van der Waals surface area contributed by atoms with Crippen LogP contribution in [0, 0.1) is 6.92 Å². The third kappa shape index (κ3) is 4.58. The van der Waals surface area contributed by atoms with Crippen LogP contribution < -0.4 is 10.0 Å². The molecule has 1 atom stereocenters. The minimum atomic E-state index is -2.82. The minimum absolute atomic E-state index is 0.164. The smallest absolute Gasteiger partial charge is 0.335 e. The van der Waals surface area contributed by atoms with Crippen LogP contribution in [0.3, 0.4) is 0 Å². The van der Waals surface area contributed by atoms with E-state index in [9.17, 15) is 9.90 Å². The molecule has 0 aliphatic rings. The lowest BCUT2D eigenvalue weighted by Gasteiger charge is -2.35. The van der Waals surface area contributed by atoms with Crippen molar-refractivity contribution in [1.82, 2.24) is 0 Å². The average molecular weight is 432 g/mol. The van der Waals surface area contributed by atoms with Crippen molar-refractivity contribution in [2.24, 2.45) is 4.74 Å². The van der Waals surface area contributed by atoms with Gasteiger partial charge >= 0.3 is 5.97 Å². The first-order valence-corrected chi connectivity index (χ1v) is 11.1. The average Bonchev–Trinajstić information content (AvgIpc) is 3.07. The molecule has 1 N–H and O–H groups in total. The van der Waals surface area contributed by atoms with E-state index in [4.69, 9.17) is 25.3 Å². The molecule has 0 saturated heterocycles. The third-order valence-corrected chi connectivity index (χ3v) is 8.20. The van der Waals surface area contributed by atoms with Crippen molar-refractivity contribution in [3.05, 3.63) is 77.0 Å². The number of carboxylic acid groups (broad SMARTS) is 1. The van der Waals surface area contributed by atoms with Crippen LogP contribution in [0.15, 0.2) is 69.8 Å². The van der Waals surface area contributed by atoms with Gasteiger partial charge < -0.3 is 14.0 Å². The molecule has 7 heteroatoms. The lowest BCUT2D eigenvalue weighted by molar-refractivity contribution is 0.0697. The lowest BCUT2D eigenvalue weighted by Crippen LogP contribution is -2.26. The zero-order valence-electron chi connectivity index (χ0n) is 16.7. The maximum absolute atomic E-state index is 11.4. The molecule has 0 amide bonds. The van der Waals surface area contributed by atoms with Crippen LogP contribution in [0.1, 0.15) is 36.9 Å². The Hall–Kier alpha value is -2.49. The first kappa shape index (κ1) is 21.2. The SMILES string of the molecule is Cc1ccc([P@](=Nc2cccc(C(=O)O)c2)(Oc2cccc(Cl)c2)C(C)(C)C)o1. The Morgan fingerprint density at radius 3 is 2.41 bits per heavy atom. The van der Waals surface area contributed by atoms with Gasteiger partial charge in [0.25, 0.3) is 0 Å². The second-order valence-corrected chi connectivity index (χ2v) is 11.4. The predicted octanol–water partition coefficient (Wildman–Crippen LogP) is 6.89. The fourth-order valence-corrected chi connectivity index (χ4v) is 5.91. The van der Waals surface area contributed by atoms with Crippen molar-refractivity contribution in [3.8, 4) is 5.75 Å². The van der Waals surface area contributed by atoms with Gasteiger partial charge in [-0.2, -0.15) is 0 Å². The van der Waals surface area contributed by atoms with Gasteiger partial charge in [-0.3, -0.25) is 0 Å². The molecule has 0 aliphatic carbocycles. The summed E-state index contributed by atoms with van der Waals surface area (Å²) in [6.45, 7) is 7.97. The molecule has 1 heterocycles. The molecule has 0 aliphatic heterocycles. The van der Waals surface area contributed by atoms with E-state index in [1.54, 1.807) is 30.3 Å². The highest BCUT2D eigenvalue weighted by Crippen LogP contribution is 2.62. The highest BCUT2D eigenvalue weighted by Gasteiger charge is 2.41. The lowest BCUT2D eigenvalue weighted by atomic mass is 10.2. The van der Waals surface area contributed by atoms with E-state index in [0.29, 0.717) is 22.0 Å². The molecule has 152 valence electrons. The van der Waals surface area contributed by atoms with Crippen molar-refractivity contribution >= 4 is 36.0 Å². The molecule has 0 bridgehead atoms. The zero-order chi connectivity index (χ0) is 21.2. The van der Waals surface area contributed by atoms with Crippen LogP contribution in [0.25, 0.3) is 0 Å². The topological polar surface area (TPSA) is 72.0 Å². The van der Waals surface area contributed by atoms with Gasteiger partial charge in [-0.25, -0.2) is 9.54 Å². The molecule has 0 saturated carbocycles. The summed E-state index contributed by atoms with van der Waals surface area (Å²) in [7, 11) is -2.82. The molecule has 0 radical (unpaired) electrons. The summed E-state index contributed by atoms with van der Waals surface area (Å²) in [5, 5.41) is 9.46. The first-order chi connectivity index (χ1) is 13.6. The van der Waals surface area contributed by atoms with Gasteiger partial charge in [0.1, 0.15) is 11.5 Å². The summed E-state index contributed by atoms with van der Waals surface area (Å²) >= 11 is 6.17. The number of aromatic carboxylic acids is 1. The van der Waals surface area contributed by atoms with Gasteiger partial charge in [-0.05, 0) is 55.5 Å². The quantitative estimate of drug-likeness (QED) is 0.446. The number of aryl methyl sites for hydroxylation is 1. The number of halogens is 1. The molecule has 0 fully saturated rings. The fraction of sp³-hybridized carbons (Fsp3) is 0.227. The number of hydrogen-bond donors (Lipinski definition) is 1. The van der Waals surface area contributed by atoms with E-state index in [0.717, 1.165) is 5.76 Å². The standard InChI is InChI=1S/C22H23ClNO4P/c1-15-11-12-20(27-15)29(22(2,3)4,28-19-10-6-8-17(23)14-19)24-18-9-5-7-16(13-18)21(25)26/h5-14H,1-4H3,(H,25,26)/t29-/m0/s1. The molecule has 0 unspecified atom stereocenters. The molecule has 29 heavy (non-hydrogen) atoms. The molecule has 3 aromatic rings. The van der Waals surface area contributed by atoms with Crippen LogP contribution in [0.4, 0.5) is 5.69 Å². The van der Waals surface area contributed by atoms with Crippen molar-refractivity contribution in [2.45, 2.75) is 32.9 Å². The summed E-state index contributed by atoms with van der Waals surface area (Å²) in [5.74, 6) is 0.317. The Balaban J connectivity index is 2.29. The van der Waals surface area contributed by atoms with Crippen LogP contribution in [-0.4, -0.2) is 16.2 Å². The summed E-state index contributed by atoms with van der Waals surface area (Å²) in [5.41, 5.74) is 1.31. The number of carbonyl (C=O) groups is 1. The summed E-state index contributed by atoms with van der Waals surface area (Å²) in [4.78, 5) is 11.4. The molecule has 2 aromatic carbocycles. The van der Waals surface area contributed by atoms with E-state index in [1.807, 2.05) is 52.0 Å². The number of rotatable bonds is 5. The zero-order valence-corrected chi connectivity index (χ0v) is 18.4. The molecular weight excluding hydrogens is 409 g/mol. The van der Waals surface area contributed by atoms with Crippen LogP contribution in [0.2, 0.25) is 5.02 Å². The Bertz CT molecular complexity index is 1100. The second kappa shape index (κ2) is 8.10. The predicted molar refractivity (Wildman–Crippen MR) is 117 cm³/mol. The Labute approximate surface area is 175 Å². The van der Waals surface area contributed by atoms with Crippen LogP contribution in [0.5, 0.6) is 5.75 Å². The Morgan fingerprint density at radius 2 is 1.83 bits per heavy atom. The van der Waals surface area contributed by atoms with E-state index in [2.05, 4.69) is 0 Å². The second-order valence-electron chi connectivity index (χ2n) is 7.64. The number of carboxylic acids is 1. The maximum atomic E-state index is 11.4. The van der Waals surface area contributed by atoms with Crippen molar-refractivity contribution < 1.29 is 18.8 Å². The molecule has 0 spiro atoms. The highest BCUT2D eigenvalue weighted by molar-refractivity contribution is 7.70. The van der Waals surface area contributed by atoms with E-state index in [1.165, 1.54) is 6.07 Å². The minimum Gasteiger partial charge on any atom is -0.478 e. The number of furan rings is 1. The Kier molecular flexibility index (Phi) is 5.92. The molecule has 1 aromatic heterocycles. The third-order valence-electron chi connectivity index (χ3n) is 4.32. The number of hydrogen-bond acceptors (Lipinski definition) is 4. The highest BCUT2D eigenvalue weighted by atomic mass is 35.5. The van der Waals surface area contributed by atoms with E-state index < -0.39 is 18.4 Å². The number of nitrogens with zero attached hydrogens (tertiary/aromatic N) is 1. The van der Waals surface area contributed by atoms with Crippen molar-refractivity contribution in [1.29, 1.82) is 0 Å². The monoisotopic (exact) mass is 431 g/mol. The van der Waals surface area contributed by atoms with Crippen molar-refractivity contribution in [3.63, 3.8) is 0 Å². The van der Waals surface area contributed by atoms with Gasteiger partial charge in [-0.15, -0.1) is 0 Å². The van der Waals surface area contributed by atoms with Gasteiger partial charge in [0, 0.05) is 10.2 Å². The van der Waals surface area contributed by atoms with Gasteiger partial charge in [0.05, 0.1) is 11.3 Å². The maximum Gasteiger partial charge on any atom is 0.335 e. The largest absolute Gasteiger partial charge is 0.478 e. The van der Waals surface area contributed by atoms with E-state index in [-0.39, 0.29) is 5.56 Å². The first-order valence-electron chi connectivity index (χ1n) is 9.09. The Morgan fingerprint density at radius 1 is 1.10 bits per heavy atom. The fourth-order valence-electron chi connectivity index (χ4n) is 2.86.